The molecule has 0 unspecified atom stereocenters. The summed E-state index contributed by atoms with van der Waals surface area (Å²) in [7, 11) is 1.70. The fourth-order valence-corrected chi connectivity index (χ4v) is 3.72. The number of methoxy groups -OCH3 is 1. The number of hydrogen-bond acceptors (Lipinski definition) is 3. The molecule has 0 bridgehead atoms. The lowest BCUT2D eigenvalue weighted by atomic mass is 9.88. The second-order valence-corrected chi connectivity index (χ2v) is 7.94. The van der Waals surface area contributed by atoms with Gasteiger partial charge in [-0.3, -0.25) is 0 Å². The first-order valence-corrected chi connectivity index (χ1v) is 10.8. The molecule has 0 fully saturated rings. The molecule has 0 aliphatic rings. The standard InChI is InChI=1S/C27H33NO2/c1-20(2)30-26-16-12-24(13-17-26)27(23-8-6-5-7-9-23)18-19-28-21(3)22-10-14-25(29-4)15-11-22/h5-17,20-21,27-28H,18-19H2,1-4H3/t21-,27-/m1/s1. The van der Waals surface area contributed by atoms with Crippen molar-refractivity contribution in [2.24, 2.45) is 0 Å². The molecule has 30 heavy (non-hydrogen) atoms. The number of hydrogen-bond donors (Lipinski definition) is 1. The Hall–Kier alpha value is -2.78. The Morgan fingerprint density at radius 3 is 1.87 bits per heavy atom. The second kappa shape index (κ2) is 10.8. The van der Waals surface area contributed by atoms with Crippen LogP contribution in [0, 0.1) is 0 Å². The summed E-state index contributed by atoms with van der Waals surface area (Å²) in [6, 6.07) is 27.9. The summed E-state index contributed by atoms with van der Waals surface area (Å²) >= 11 is 0. The van der Waals surface area contributed by atoms with E-state index in [4.69, 9.17) is 9.47 Å². The van der Waals surface area contributed by atoms with Crippen molar-refractivity contribution in [2.45, 2.75) is 45.3 Å². The molecule has 3 heteroatoms. The van der Waals surface area contributed by atoms with Crippen LogP contribution in [0.3, 0.4) is 0 Å². The molecule has 3 aromatic carbocycles. The molecule has 158 valence electrons. The molecule has 0 saturated carbocycles. The van der Waals surface area contributed by atoms with Gasteiger partial charge < -0.3 is 14.8 Å². The molecule has 0 saturated heterocycles. The van der Waals surface area contributed by atoms with Gasteiger partial charge in [0.15, 0.2) is 0 Å². The van der Waals surface area contributed by atoms with Crippen LogP contribution in [0.4, 0.5) is 0 Å². The molecule has 0 amide bonds. The van der Waals surface area contributed by atoms with E-state index < -0.39 is 0 Å². The Morgan fingerprint density at radius 2 is 1.27 bits per heavy atom. The molecule has 0 aromatic heterocycles. The zero-order chi connectivity index (χ0) is 21.3. The molecule has 3 rings (SSSR count). The first-order chi connectivity index (χ1) is 14.6. The molecule has 3 nitrogen and oxygen atoms in total. The highest BCUT2D eigenvalue weighted by Crippen LogP contribution is 2.29. The van der Waals surface area contributed by atoms with Gasteiger partial charge >= 0.3 is 0 Å². The summed E-state index contributed by atoms with van der Waals surface area (Å²) in [5.41, 5.74) is 3.92. The summed E-state index contributed by atoms with van der Waals surface area (Å²) in [6.45, 7) is 7.24. The van der Waals surface area contributed by atoms with E-state index in [1.807, 2.05) is 12.1 Å². The number of rotatable bonds is 10. The van der Waals surface area contributed by atoms with Gasteiger partial charge in [-0.05, 0) is 74.7 Å². The summed E-state index contributed by atoms with van der Waals surface area (Å²) in [5, 5.41) is 3.68. The number of nitrogens with one attached hydrogen (secondary N) is 1. The summed E-state index contributed by atoms with van der Waals surface area (Å²) < 4.78 is 11.1. The minimum atomic E-state index is 0.185. The van der Waals surface area contributed by atoms with Gasteiger partial charge in [0.2, 0.25) is 0 Å². The SMILES string of the molecule is COc1ccc([C@@H](C)NCC[C@H](c2ccccc2)c2ccc(OC(C)C)cc2)cc1. The molecule has 0 radical (unpaired) electrons. The van der Waals surface area contributed by atoms with E-state index in [0.29, 0.717) is 5.92 Å². The minimum Gasteiger partial charge on any atom is -0.497 e. The molecule has 0 aliphatic carbocycles. The van der Waals surface area contributed by atoms with Gasteiger partial charge in [-0.25, -0.2) is 0 Å². The first kappa shape index (κ1) is 21.9. The lowest BCUT2D eigenvalue weighted by molar-refractivity contribution is 0.242. The van der Waals surface area contributed by atoms with Gasteiger partial charge in [0.1, 0.15) is 11.5 Å². The van der Waals surface area contributed by atoms with Crippen molar-refractivity contribution in [2.75, 3.05) is 13.7 Å². The van der Waals surface area contributed by atoms with E-state index in [1.165, 1.54) is 16.7 Å². The lowest BCUT2D eigenvalue weighted by Gasteiger charge is -2.21. The summed E-state index contributed by atoms with van der Waals surface area (Å²) in [5.74, 6) is 2.15. The van der Waals surface area contributed by atoms with Crippen LogP contribution in [0.1, 0.15) is 55.8 Å². The highest BCUT2D eigenvalue weighted by molar-refractivity contribution is 5.36. The average Bonchev–Trinajstić information content (AvgIpc) is 2.77. The Labute approximate surface area is 181 Å². The van der Waals surface area contributed by atoms with Crippen molar-refractivity contribution in [3.63, 3.8) is 0 Å². The van der Waals surface area contributed by atoms with Crippen LogP contribution >= 0.6 is 0 Å². The van der Waals surface area contributed by atoms with E-state index in [1.54, 1.807) is 7.11 Å². The minimum absolute atomic E-state index is 0.185. The summed E-state index contributed by atoms with van der Waals surface area (Å²) in [6.07, 6.45) is 1.21. The number of ether oxygens (including phenoxy) is 2. The van der Waals surface area contributed by atoms with Crippen molar-refractivity contribution in [3.05, 3.63) is 95.6 Å². The van der Waals surface area contributed by atoms with E-state index in [0.717, 1.165) is 24.5 Å². The third-order valence-electron chi connectivity index (χ3n) is 5.36. The molecule has 0 aliphatic heterocycles. The maximum absolute atomic E-state index is 5.81. The molecule has 0 spiro atoms. The van der Waals surface area contributed by atoms with Crippen LogP contribution in [0.5, 0.6) is 11.5 Å². The molecule has 0 heterocycles. The van der Waals surface area contributed by atoms with Crippen molar-refractivity contribution in [1.29, 1.82) is 0 Å². The monoisotopic (exact) mass is 403 g/mol. The van der Waals surface area contributed by atoms with Crippen LogP contribution in [0.25, 0.3) is 0 Å². The van der Waals surface area contributed by atoms with Crippen LogP contribution in [0.2, 0.25) is 0 Å². The van der Waals surface area contributed by atoms with Crippen molar-refractivity contribution in [3.8, 4) is 11.5 Å². The quantitative estimate of drug-likeness (QED) is 0.427. The van der Waals surface area contributed by atoms with E-state index in [-0.39, 0.29) is 12.1 Å². The van der Waals surface area contributed by atoms with E-state index in [9.17, 15) is 0 Å². The summed E-state index contributed by atoms with van der Waals surface area (Å²) in [4.78, 5) is 0. The highest BCUT2D eigenvalue weighted by atomic mass is 16.5. The Bertz CT molecular complexity index is 873. The van der Waals surface area contributed by atoms with Gasteiger partial charge in [0, 0.05) is 12.0 Å². The topological polar surface area (TPSA) is 30.5 Å². The number of benzene rings is 3. The van der Waals surface area contributed by atoms with Crippen molar-refractivity contribution in [1.82, 2.24) is 5.32 Å². The normalized spacial score (nSPS) is 13.1. The van der Waals surface area contributed by atoms with Crippen LogP contribution in [-0.4, -0.2) is 19.8 Å². The fraction of sp³-hybridized carbons (Fsp3) is 0.333. The van der Waals surface area contributed by atoms with E-state index >= 15 is 0 Å². The highest BCUT2D eigenvalue weighted by Gasteiger charge is 2.15. The Morgan fingerprint density at radius 1 is 0.700 bits per heavy atom. The molecule has 2 atom stereocenters. The lowest BCUT2D eigenvalue weighted by Crippen LogP contribution is -2.21. The van der Waals surface area contributed by atoms with E-state index in [2.05, 4.69) is 92.8 Å². The maximum atomic E-state index is 5.81. The van der Waals surface area contributed by atoms with Crippen molar-refractivity contribution < 1.29 is 9.47 Å². The predicted molar refractivity (Wildman–Crippen MR) is 125 cm³/mol. The maximum Gasteiger partial charge on any atom is 0.119 e. The first-order valence-electron chi connectivity index (χ1n) is 10.8. The van der Waals surface area contributed by atoms with Crippen molar-refractivity contribution >= 4 is 0 Å². The molecular formula is C27H33NO2. The molecule has 3 aromatic rings. The molecule has 1 N–H and O–H groups in total. The van der Waals surface area contributed by atoms with Gasteiger partial charge in [-0.1, -0.05) is 54.6 Å². The van der Waals surface area contributed by atoms with Gasteiger partial charge in [0.25, 0.3) is 0 Å². The average molecular weight is 404 g/mol. The third-order valence-corrected chi connectivity index (χ3v) is 5.36. The van der Waals surface area contributed by atoms with Crippen LogP contribution in [0.15, 0.2) is 78.9 Å². The predicted octanol–water partition coefficient (Wildman–Crippen LogP) is 6.36. The third kappa shape index (κ3) is 6.11. The fourth-order valence-electron chi connectivity index (χ4n) is 3.72. The van der Waals surface area contributed by atoms with Crippen LogP contribution in [-0.2, 0) is 0 Å². The Balaban J connectivity index is 1.67. The largest absolute Gasteiger partial charge is 0.497 e. The van der Waals surface area contributed by atoms with Gasteiger partial charge in [-0.2, -0.15) is 0 Å². The van der Waals surface area contributed by atoms with Crippen LogP contribution < -0.4 is 14.8 Å². The zero-order valence-corrected chi connectivity index (χ0v) is 18.5. The smallest absolute Gasteiger partial charge is 0.119 e. The molecular weight excluding hydrogens is 370 g/mol. The van der Waals surface area contributed by atoms with Gasteiger partial charge in [0.05, 0.1) is 13.2 Å². The Kier molecular flexibility index (Phi) is 7.92. The van der Waals surface area contributed by atoms with Gasteiger partial charge in [-0.15, -0.1) is 0 Å². The second-order valence-electron chi connectivity index (χ2n) is 7.94. The zero-order valence-electron chi connectivity index (χ0n) is 18.5.